The Balaban J connectivity index is 0.00000162. The fourth-order valence-electron chi connectivity index (χ4n) is 3.31. The molecule has 2 saturated carbocycles. The Hall–Kier alpha value is -0.320. The summed E-state index contributed by atoms with van der Waals surface area (Å²) in [6, 6.07) is 0. The van der Waals surface area contributed by atoms with E-state index in [-0.39, 0.29) is 18.3 Å². The summed E-state index contributed by atoms with van der Waals surface area (Å²) < 4.78 is 4.90. The van der Waals surface area contributed by atoms with Crippen LogP contribution >= 0.6 is 12.4 Å². The second-order valence-electron chi connectivity index (χ2n) is 5.41. The molecule has 0 heterocycles. The molecule has 2 aliphatic carbocycles. The fourth-order valence-corrected chi connectivity index (χ4v) is 3.31. The first-order chi connectivity index (χ1) is 8.29. The normalized spacial score (nSPS) is 29.1. The molecule has 2 bridgehead atoms. The summed E-state index contributed by atoms with van der Waals surface area (Å²) in [5.74, 6) is 2.71. The van der Waals surface area contributed by atoms with Crippen LogP contribution in [0.4, 0.5) is 0 Å². The fraction of sp³-hybridized carbons (Fsp3) is 0.923. The molecule has 18 heavy (non-hydrogen) atoms. The van der Waals surface area contributed by atoms with Crippen molar-refractivity contribution >= 4 is 18.3 Å². The van der Waals surface area contributed by atoms with Gasteiger partial charge in [-0.1, -0.05) is 6.42 Å². The van der Waals surface area contributed by atoms with Gasteiger partial charge in [0.05, 0.1) is 13.2 Å². The van der Waals surface area contributed by atoms with Crippen molar-refractivity contribution in [2.45, 2.75) is 25.7 Å². The van der Waals surface area contributed by atoms with Gasteiger partial charge in [-0.15, -0.1) is 12.4 Å². The van der Waals surface area contributed by atoms with Gasteiger partial charge >= 0.3 is 0 Å². The SMILES string of the molecule is COCCNCC(=O)NCC1CC2CCC1C2.Cl. The van der Waals surface area contributed by atoms with Crippen LogP contribution in [0.15, 0.2) is 0 Å². The molecular formula is C13H25ClN2O2. The molecule has 5 heteroatoms. The average Bonchev–Trinajstić information content (AvgIpc) is 2.94. The smallest absolute Gasteiger partial charge is 0.233 e. The summed E-state index contributed by atoms with van der Waals surface area (Å²) in [7, 11) is 1.66. The zero-order valence-electron chi connectivity index (χ0n) is 11.1. The molecular weight excluding hydrogens is 252 g/mol. The van der Waals surface area contributed by atoms with Gasteiger partial charge in [0.1, 0.15) is 0 Å². The number of methoxy groups -OCH3 is 1. The molecule has 3 atom stereocenters. The van der Waals surface area contributed by atoms with Crippen molar-refractivity contribution < 1.29 is 9.53 Å². The maximum atomic E-state index is 11.6. The van der Waals surface area contributed by atoms with Crippen LogP contribution in [0.1, 0.15) is 25.7 Å². The Morgan fingerprint density at radius 1 is 1.33 bits per heavy atom. The van der Waals surface area contributed by atoms with Crippen molar-refractivity contribution in [1.29, 1.82) is 0 Å². The highest BCUT2D eigenvalue weighted by atomic mass is 35.5. The van der Waals surface area contributed by atoms with Crippen molar-refractivity contribution in [1.82, 2.24) is 10.6 Å². The van der Waals surface area contributed by atoms with Crippen molar-refractivity contribution in [2.75, 3.05) is 33.4 Å². The van der Waals surface area contributed by atoms with E-state index in [1.807, 2.05) is 0 Å². The van der Waals surface area contributed by atoms with Crippen molar-refractivity contribution in [3.05, 3.63) is 0 Å². The van der Waals surface area contributed by atoms with Crippen LogP contribution in [0.3, 0.4) is 0 Å². The Kier molecular flexibility index (Phi) is 6.97. The van der Waals surface area contributed by atoms with E-state index >= 15 is 0 Å². The number of carbonyl (C=O) groups is 1. The van der Waals surface area contributed by atoms with Gasteiger partial charge in [0.25, 0.3) is 0 Å². The summed E-state index contributed by atoms with van der Waals surface area (Å²) in [5.41, 5.74) is 0. The van der Waals surface area contributed by atoms with Gasteiger partial charge in [-0.25, -0.2) is 0 Å². The molecule has 2 N–H and O–H groups in total. The summed E-state index contributed by atoms with van der Waals surface area (Å²) in [4.78, 5) is 11.6. The minimum atomic E-state index is 0. The van der Waals surface area contributed by atoms with E-state index < -0.39 is 0 Å². The molecule has 0 aromatic rings. The lowest BCUT2D eigenvalue weighted by molar-refractivity contribution is -0.120. The maximum absolute atomic E-state index is 11.6. The van der Waals surface area contributed by atoms with E-state index in [2.05, 4.69) is 10.6 Å². The van der Waals surface area contributed by atoms with Crippen molar-refractivity contribution in [2.24, 2.45) is 17.8 Å². The molecule has 0 aliphatic heterocycles. The van der Waals surface area contributed by atoms with Gasteiger partial charge in [0, 0.05) is 20.2 Å². The first-order valence-corrected chi connectivity index (χ1v) is 6.76. The molecule has 0 radical (unpaired) electrons. The predicted octanol–water partition coefficient (Wildman–Crippen LogP) is 1.20. The number of rotatable bonds is 7. The van der Waals surface area contributed by atoms with E-state index in [9.17, 15) is 4.79 Å². The quantitative estimate of drug-likeness (QED) is 0.687. The largest absolute Gasteiger partial charge is 0.383 e. The van der Waals surface area contributed by atoms with Crippen LogP contribution in [0.2, 0.25) is 0 Å². The van der Waals surface area contributed by atoms with Gasteiger partial charge in [-0.05, 0) is 37.0 Å². The highest BCUT2D eigenvalue weighted by Crippen LogP contribution is 2.47. The molecule has 0 aromatic heterocycles. The van der Waals surface area contributed by atoms with Gasteiger partial charge in [0.15, 0.2) is 0 Å². The number of fused-ring (bicyclic) bond motifs is 2. The van der Waals surface area contributed by atoms with Crippen LogP contribution in [-0.4, -0.2) is 39.3 Å². The number of hydrogen-bond acceptors (Lipinski definition) is 3. The van der Waals surface area contributed by atoms with Crippen LogP contribution in [0.25, 0.3) is 0 Å². The molecule has 3 unspecified atom stereocenters. The second kappa shape index (κ2) is 7.97. The first kappa shape index (κ1) is 15.7. The van der Waals surface area contributed by atoms with Gasteiger partial charge in [-0.3, -0.25) is 4.79 Å². The first-order valence-electron chi connectivity index (χ1n) is 6.76. The summed E-state index contributed by atoms with van der Waals surface area (Å²) in [5, 5.41) is 6.10. The highest BCUT2D eigenvalue weighted by molar-refractivity contribution is 5.85. The second-order valence-corrected chi connectivity index (χ2v) is 5.41. The number of nitrogens with one attached hydrogen (secondary N) is 2. The third kappa shape index (κ3) is 4.41. The third-order valence-corrected chi connectivity index (χ3v) is 4.21. The number of halogens is 1. The third-order valence-electron chi connectivity index (χ3n) is 4.21. The molecule has 1 amide bonds. The lowest BCUT2D eigenvalue weighted by Crippen LogP contribution is -2.38. The van der Waals surface area contributed by atoms with E-state index in [1.54, 1.807) is 7.11 Å². The Morgan fingerprint density at radius 2 is 2.17 bits per heavy atom. The molecule has 2 aliphatic rings. The summed E-state index contributed by atoms with van der Waals surface area (Å²) >= 11 is 0. The van der Waals surface area contributed by atoms with E-state index in [0.717, 1.165) is 30.8 Å². The summed E-state index contributed by atoms with van der Waals surface area (Å²) in [6.07, 6.45) is 5.56. The molecule has 106 valence electrons. The average molecular weight is 277 g/mol. The zero-order chi connectivity index (χ0) is 12.1. The lowest BCUT2D eigenvalue weighted by atomic mass is 9.89. The molecule has 0 saturated heterocycles. The van der Waals surface area contributed by atoms with Crippen LogP contribution < -0.4 is 10.6 Å². The Morgan fingerprint density at radius 3 is 2.78 bits per heavy atom. The molecule has 2 rings (SSSR count). The Labute approximate surface area is 116 Å². The molecule has 0 spiro atoms. The lowest BCUT2D eigenvalue weighted by Gasteiger charge is -2.21. The number of carbonyl (C=O) groups excluding carboxylic acids is 1. The molecule has 4 nitrogen and oxygen atoms in total. The van der Waals surface area contributed by atoms with Gasteiger partial charge < -0.3 is 15.4 Å². The van der Waals surface area contributed by atoms with Gasteiger partial charge in [-0.2, -0.15) is 0 Å². The highest BCUT2D eigenvalue weighted by Gasteiger charge is 2.39. The van der Waals surface area contributed by atoms with Crippen molar-refractivity contribution in [3.8, 4) is 0 Å². The van der Waals surface area contributed by atoms with Crippen LogP contribution in [0, 0.1) is 17.8 Å². The predicted molar refractivity (Wildman–Crippen MR) is 73.9 cm³/mol. The molecule has 2 fully saturated rings. The van der Waals surface area contributed by atoms with Crippen molar-refractivity contribution in [3.63, 3.8) is 0 Å². The van der Waals surface area contributed by atoms with Crippen LogP contribution in [0.5, 0.6) is 0 Å². The summed E-state index contributed by atoms with van der Waals surface area (Å²) in [6.45, 7) is 2.67. The van der Waals surface area contributed by atoms with E-state index in [4.69, 9.17) is 4.74 Å². The standard InChI is InChI=1S/C13H24N2O2.ClH/c1-17-5-4-14-9-13(16)15-8-12-7-10-2-3-11(12)6-10;/h10-12,14H,2-9H2,1H3,(H,15,16);1H. The minimum Gasteiger partial charge on any atom is -0.383 e. The molecule has 0 aromatic carbocycles. The number of ether oxygens (including phenoxy) is 1. The van der Waals surface area contributed by atoms with E-state index in [0.29, 0.717) is 13.2 Å². The maximum Gasteiger partial charge on any atom is 0.233 e. The monoisotopic (exact) mass is 276 g/mol. The number of hydrogen-bond donors (Lipinski definition) is 2. The van der Waals surface area contributed by atoms with Crippen LogP contribution in [-0.2, 0) is 9.53 Å². The zero-order valence-corrected chi connectivity index (χ0v) is 11.9. The minimum absolute atomic E-state index is 0. The Bertz CT molecular complexity index is 263. The topological polar surface area (TPSA) is 50.4 Å². The van der Waals surface area contributed by atoms with Gasteiger partial charge in [0.2, 0.25) is 5.91 Å². The number of amides is 1. The van der Waals surface area contributed by atoms with E-state index in [1.165, 1.54) is 25.7 Å².